The first-order valence-electron chi connectivity index (χ1n) is 9.58. The van der Waals surface area contributed by atoms with Gasteiger partial charge in [0.05, 0.1) is 5.69 Å². The summed E-state index contributed by atoms with van der Waals surface area (Å²) in [6.07, 6.45) is 7.92. The highest BCUT2D eigenvalue weighted by Crippen LogP contribution is 2.44. The fourth-order valence-electron chi connectivity index (χ4n) is 4.82. The molecule has 1 atom stereocenters. The van der Waals surface area contributed by atoms with E-state index in [1.54, 1.807) is 0 Å². The number of likely N-dealkylation sites (tertiary alicyclic amines) is 1. The number of hydrogen-bond donors (Lipinski definition) is 1. The Morgan fingerprint density at radius 2 is 2.11 bits per heavy atom. The number of nitrogen functional groups attached to an aromatic ring is 1. The van der Waals surface area contributed by atoms with E-state index in [1.807, 2.05) is 34.0 Å². The molecule has 1 amide bonds. The molecule has 2 aliphatic rings. The molecule has 138 valence electrons. The Labute approximate surface area is 158 Å². The van der Waals surface area contributed by atoms with Crippen molar-refractivity contribution in [2.24, 2.45) is 0 Å². The van der Waals surface area contributed by atoms with E-state index in [-0.39, 0.29) is 11.3 Å². The summed E-state index contributed by atoms with van der Waals surface area (Å²) in [4.78, 5) is 23.8. The fourth-order valence-corrected chi connectivity index (χ4v) is 4.82. The molecule has 1 fully saturated rings. The Morgan fingerprint density at radius 1 is 1.22 bits per heavy atom. The topological polar surface area (TPSA) is 77.0 Å². The maximum atomic E-state index is 13.1. The molecular formula is C21H23N5O. The second kappa shape index (κ2) is 6.08. The van der Waals surface area contributed by atoms with E-state index in [9.17, 15) is 4.79 Å². The van der Waals surface area contributed by atoms with Crippen molar-refractivity contribution in [3.63, 3.8) is 0 Å². The zero-order valence-electron chi connectivity index (χ0n) is 15.3. The number of amides is 1. The van der Waals surface area contributed by atoms with Crippen molar-refractivity contribution in [2.45, 2.75) is 37.6 Å². The lowest BCUT2D eigenvalue weighted by Crippen LogP contribution is -2.48. The molecule has 0 bridgehead atoms. The summed E-state index contributed by atoms with van der Waals surface area (Å²) < 4.78 is 2.04. The van der Waals surface area contributed by atoms with Crippen molar-refractivity contribution in [3.8, 4) is 0 Å². The van der Waals surface area contributed by atoms with Gasteiger partial charge in [-0.1, -0.05) is 18.2 Å². The predicted molar refractivity (Wildman–Crippen MR) is 104 cm³/mol. The Balaban J connectivity index is 1.39. The van der Waals surface area contributed by atoms with Gasteiger partial charge in [0.25, 0.3) is 0 Å². The molecule has 6 heteroatoms. The van der Waals surface area contributed by atoms with E-state index in [1.165, 1.54) is 5.56 Å². The SMILES string of the molecule is Nc1ncc2c(n1)C1(CCCN(C(=O)Cn3ccc4ccccc43)C1)CC2. The summed E-state index contributed by atoms with van der Waals surface area (Å²) in [7, 11) is 0. The Bertz CT molecular complexity index is 1020. The highest BCUT2D eigenvalue weighted by atomic mass is 16.2. The molecule has 0 radical (unpaired) electrons. The molecule has 3 aromatic rings. The van der Waals surface area contributed by atoms with Crippen LogP contribution in [-0.4, -0.2) is 38.4 Å². The fraction of sp³-hybridized carbons (Fsp3) is 0.381. The molecule has 1 unspecified atom stereocenters. The van der Waals surface area contributed by atoms with Crippen molar-refractivity contribution in [3.05, 3.63) is 54.0 Å². The van der Waals surface area contributed by atoms with Crippen LogP contribution in [-0.2, 0) is 23.2 Å². The van der Waals surface area contributed by atoms with E-state index in [2.05, 4.69) is 28.2 Å². The van der Waals surface area contributed by atoms with Gasteiger partial charge in [-0.25, -0.2) is 9.97 Å². The van der Waals surface area contributed by atoms with Crippen LogP contribution in [0, 0.1) is 0 Å². The molecule has 6 nitrogen and oxygen atoms in total. The maximum absolute atomic E-state index is 13.1. The van der Waals surface area contributed by atoms with Gasteiger partial charge in [-0.15, -0.1) is 0 Å². The highest BCUT2D eigenvalue weighted by molar-refractivity contribution is 5.83. The maximum Gasteiger partial charge on any atom is 0.242 e. The monoisotopic (exact) mass is 361 g/mol. The van der Waals surface area contributed by atoms with Crippen molar-refractivity contribution >= 4 is 22.8 Å². The number of aryl methyl sites for hydroxylation is 1. The first-order valence-corrected chi connectivity index (χ1v) is 9.58. The summed E-state index contributed by atoms with van der Waals surface area (Å²) in [6.45, 7) is 1.92. The number of anilines is 1. The lowest BCUT2D eigenvalue weighted by Gasteiger charge is -2.40. The number of hydrogen-bond acceptors (Lipinski definition) is 4. The van der Waals surface area contributed by atoms with Gasteiger partial charge in [-0.05, 0) is 48.8 Å². The molecule has 3 heterocycles. The van der Waals surface area contributed by atoms with Gasteiger partial charge >= 0.3 is 0 Å². The summed E-state index contributed by atoms with van der Waals surface area (Å²) in [5, 5.41) is 1.16. The average Bonchev–Trinajstić information content (AvgIpc) is 3.24. The predicted octanol–water partition coefficient (Wildman–Crippen LogP) is 2.52. The van der Waals surface area contributed by atoms with Crippen molar-refractivity contribution in [1.82, 2.24) is 19.4 Å². The molecular weight excluding hydrogens is 338 g/mol. The zero-order chi connectivity index (χ0) is 18.4. The third-order valence-corrected chi connectivity index (χ3v) is 6.17. The van der Waals surface area contributed by atoms with Gasteiger partial charge in [0.2, 0.25) is 11.9 Å². The summed E-state index contributed by atoms with van der Waals surface area (Å²) in [5.41, 5.74) is 9.16. The van der Waals surface area contributed by atoms with Crippen LogP contribution in [0.4, 0.5) is 5.95 Å². The zero-order valence-corrected chi connectivity index (χ0v) is 15.3. The minimum Gasteiger partial charge on any atom is -0.368 e. The van der Waals surface area contributed by atoms with Crippen molar-refractivity contribution in [2.75, 3.05) is 18.8 Å². The second-order valence-corrected chi connectivity index (χ2v) is 7.80. The number of fused-ring (bicyclic) bond motifs is 3. The van der Waals surface area contributed by atoms with Gasteiger partial charge in [0.15, 0.2) is 0 Å². The molecule has 1 saturated heterocycles. The molecule has 1 spiro atoms. The lowest BCUT2D eigenvalue weighted by molar-refractivity contribution is -0.134. The molecule has 27 heavy (non-hydrogen) atoms. The molecule has 2 aromatic heterocycles. The number of rotatable bonds is 2. The first kappa shape index (κ1) is 16.3. The number of nitrogens with zero attached hydrogens (tertiary/aromatic N) is 4. The van der Waals surface area contributed by atoms with Crippen molar-refractivity contribution < 1.29 is 4.79 Å². The number of nitrogens with two attached hydrogens (primary N) is 1. The van der Waals surface area contributed by atoms with Crippen LogP contribution in [0.5, 0.6) is 0 Å². The summed E-state index contributed by atoms with van der Waals surface area (Å²) >= 11 is 0. The molecule has 1 aliphatic carbocycles. The Hall–Kier alpha value is -2.89. The van der Waals surface area contributed by atoms with Crippen molar-refractivity contribution in [1.29, 1.82) is 0 Å². The third kappa shape index (κ3) is 2.67. The first-order chi connectivity index (χ1) is 13.1. The van der Waals surface area contributed by atoms with Gasteiger partial charge in [0.1, 0.15) is 6.54 Å². The van der Waals surface area contributed by atoms with E-state index in [4.69, 9.17) is 5.73 Å². The second-order valence-electron chi connectivity index (χ2n) is 7.80. The van der Waals surface area contributed by atoms with Crippen LogP contribution in [0.25, 0.3) is 10.9 Å². The molecule has 5 rings (SSSR count). The lowest BCUT2D eigenvalue weighted by atomic mass is 9.77. The smallest absolute Gasteiger partial charge is 0.242 e. The minimum atomic E-state index is -0.0565. The van der Waals surface area contributed by atoms with Gasteiger partial charge < -0.3 is 15.2 Å². The summed E-state index contributed by atoms with van der Waals surface area (Å²) in [6, 6.07) is 10.2. The van der Waals surface area contributed by atoms with E-state index < -0.39 is 0 Å². The number of carbonyl (C=O) groups is 1. The Morgan fingerprint density at radius 3 is 3.04 bits per heavy atom. The van der Waals surface area contributed by atoms with E-state index in [0.717, 1.165) is 55.4 Å². The highest BCUT2D eigenvalue weighted by Gasteiger charge is 2.44. The van der Waals surface area contributed by atoms with Gasteiger partial charge in [-0.2, -0.15) is 0 Å². The minimum absolute atomic E-state index is 0.0565. The number of para-hydroxylation sites is 1. The van der Waals surface area contributed by atoms with E-state index >= 15 is 0 Å². The van der Waals surface area contributed by atoms with Crippen LogP contribution in [0.15, 0.2) is 42.7 Å². The number of carbonyl (C=O) groups excluding carboxylic acids is 1. The average molecular weight is 361 g/mol. The standard InChI is InChI=1S/C21H23N5O/c22-20-23-12-16-6-9-21(19(16)24-20)8-3-10-26(14-21)18(27)13-25-11-7-15-4-1-2-5-17(15)25/h1-2,4-5,7,11-12H,3,6,8-10,13-14H2,(H2,22,23,24). The van der Waals surface area contributed by atoms with Crippen LogP contribution in [0.2, 0.25) is 0 Å². The van der Waals surface area contributed by atoms with E-state index in [0.29, 0.717) is 12.5 Å². The molecule has 0 saturated carbocycles. The molecule has 1 aliphatic heterocycles. The summed E-state index contributed by atoms with van der Waals surface area (Å²) in [5.74, 6) is 0.503. The Kier molecular flexibility index (Phi) is 3.67. The van der Waals surface area contributed by atoms with Crippen LogP contribution >= 0.6 is 0 Å². The largest absolute Gasteiger partial charge is 0.368 e. The third-order valence-electron chi connectivity index (χ3n) is 6.17. The van der Waals surface area contributed by atoms with Crippen LogP contribution in [0.1, 0.15) is 30.5 Å². The quantitative estimate of drug-likeness (QED) is 0.761. The number of benzene rings is 1. The van der Waals surface area contributed by atoms with Gasteiger partial charge in [-0.3, -0.25) is 4.79 Å². The van der Waals surface area contributed by atoms with Crippen LogP contribution in [0.3, 0.4) is 0 Å². The number of piperidine rings is 1. The van der Waals surface area contributed by atoms with Gasteiger partial charge in [0, 0.05) is 36.4 Å². The molecule has 1 aromatic carbocycles. The molecule has 2 N–H and O–H groups in total. The normalized spacial score (nSPS) is 21.7. The number of aromatic nitrogens is 3. The van der Waals surface area contributed by atoms with Crippen LogP contribution < -0.4 is 5.73 Å².